The van der Waals surface area contributed by atoms with Crippen molar-refractivity contribution in [3.8, 4) is 5.75 Å². The van der Waals surface area contributed by atoms with E-state index in [2.05, 4.69) is 21.7 Å². The fourth-order valence-electron chi connectivity index (χ4n) is 3.77. The Kier molecular flexibility index (Phi) is 8.01. The van der Waals surface area contributed by atoms with Crippen LogP contribution in [0.3, 0.4) is 0 Å². The Morgan fingerprint density at radius 3 is 2.34 bits per heavy atom. The quantitative estimate of drug-likeness (QED) is 0.195. The summed E-state index contributed by atoms with van der Waals surface area (Å²) in [5.74, 6) is 0.245. The van der Waals surface area contributed by atoms with Crippen molar-refractivity contribution < 1.29 is 14.3 Å². The highest BCUT2D eigenvalue weighted by molar-refractivity contribution is 8.00. The number of aryl methyl sites for hydroxylation is 1. The number of thiazole rings is 1. The number of aromatic nitrogens is 1. The summed E-state index contributed by atoms with van der Waals surface area (Å²) in [5, 5.41) is 5.94. The molecule has 0 aliphatic rings. The Labute approximate surface area is 229 Å². The van der Waals surface area contributed by atoms with Crippen LogP contribution in [0.2, 0.25) is 0 Å². The second-order valence-corrected chi connectivity index (χ2v) is 10.8. The van der Waals surface area contributed by atoms with Gasteiger partial charge in [0.15, 0.2) is 11.7 Å². The van der Waals surface area contributed by atoms with E-state index in [1.807, 2.05) is 91.9 Å². The maximum Gasteiger partial charge on any atom is 0.262 e. The van der Waals surface area contributed by atoms with Crippen molar-refractivity contribution in [1.82, 2.24) is 4.98 Å². The average Bonchev–Trinajstić information content (AvgIpc) is 3.33. The summed E-state index contributed by atoms with van der Waals surface area (Å²) in [4.78, 5) is 31.2. The lowest BCUT2D eigenvalue weighted by Gasteiger charge is -2.16. The molecule has 0 aliphatic carbocycles. The summed E-state index contributed by atoms with van der Waals surface area (Å²) >= 11 is 2.91. The number of fused-ring (bicyclic) bond motifs is 1. The molecule has 1 atom stereocenters. The molecule has 38 heavy (non-hydrogen) atoms. The third-order valence-electron chi connectivity index (χ3n) is 5.62. The first kappa shape index (κ1) is 25.5. The van der Waals surface area contributed by atoms with Crippen molar-refractivity contribution in [3.63, 3.8) is 0 Å². The number of nitrogens with one attached hydrogen (secondary N) is 2. The van der Waals surface area contributed by atoms with E-state index in [4.69, 9.17) is 4.74 Å². The minimum absolute atomic E-state index is 0.0812. The highest BCUT2D eigenvalue weighted by Crippen LogP contribution is 2.37. The molecule has 5 aromatic rings. The van der Waals surface area contributed by atoms with Gasteiger partial charge in [0.25, 0.3) is 5.91 Å². The number of anilines is 2. The van der Waals surface area contributed by atoms with E-state index in [1.165, 1.54) is 23.1 Å². The van der Waals surface area contributed by atoms with Gasteiger partial charge in [0.2, 0.25) is 5.91 Å². The van der Waals surface area contributed by atoms with Gasteiger partial charge < -0.3 is 15.4 Å². The fraction of sp³-hybridized carbons (Fsp3) is 0.100. The van der Waals surface area contributed by atoms with Crippen molar-refractivity contribution in [2.75, 3.05) is 17.2 Å². The van der Waals surface area contributed by atoms with Gasteiger partial charge >= 0.3 is 0 Å². The number of hydrogen-bond donors (Lipinski definition) is 2. The van der Waals surface area contributed by atoms with Crippen LogP contribution in [0.4, 0.5) is 10.8 Å². The monoisotopic (exact) mass is 539 g/mol. The molecule has 2 N–H and O–H groups in total. The number of carbonyl (C=O) groups excluding carboxylic acids is 2. The molecule has 0 saturated carbocycles. The largest absolute Gasteiger partial charge is 0.484 e. The lowest BCUT2D eigenvalue weighted by molar-refractivity contribution is -0.118. The maximum atomic E-state index is 13.4. The molecule has 0 radical (unpaired) electrons. The van der Waals surface area contributed by atoms with Crippen LogP contribution in [-0.4, -0.2) is 23.4 Å². The standard InChI is InChI=1S/C30H25N3O3S2/c1-20-12-17-25-26(18-20)38-30(32-25)33-29(35)28(21-8-4-2-5-9-21)37-24-15-13-22(14-16-24)31-27(34)19-36-23-10-6-3-7-11-23/h2-18,28H,19H2,1H3,(H,31,34)(H,32,33,35). The van der Waals surface area contributed by atoms with E-state index in [0.717, 1.165) is 26.2 Å². The lowest BCUT2D eigenvalue weighted by atomic mass is 10.1. The molecule has 0 spiro atoms. The Morgan fingerprint density at radius 1 is 0.895 bits per heavy atom. The lowest BCUT2D eigenvalue weighted by Crippen LogP contribution is -2.20. The number of rotatable bonds is 9. The predicted octanol–water partition coefficient (Wildman–Crippen LogP) is 7.09. The molecule has 0 fully saturated rings. The fourth-order valence-corrected chi connectivity index (χ4v) is 5.76. The van der Waals surface area contributed by atoms with Crippen molar-refractivity contribution in [2.45, 2.75) is 17.1 Å². The molecule has 0 aliphatic heterocycles. The molecule has 190 valence electrons. The maximum absolute atomic E-state index is 13.4. The predicted molar refractivity (Wildman–Crippen MR) is 155 cm³/mol. The van der Waals surface area contributed by atoms with Gasteiger partial charge in [-0.15, -0.1) is 11.8 Å². The van der Waals surface area contributed by atoms with Crippen LogP contribution in [0.1, 0.15) is 16.4 Å². The molecule has 2 amide bonds. The first-order valence-electron chi connectivity index (χ1n) is 12.0. The molecule has 0 bridgehead atoms. The van der Waals surface area contributed by atoms with Gasteiger partial charge in [-0.1, -0.05) is 65.9 Å². The van der Waals surface area contributed by atoms with Crippen LogP contribution in [0, 0.1) is 6.92 Å². The van der Waals surface area contributed by atoms with Crippen LogP contribution in [0.25, 0.3) is 10.2 Å². The van der Waals surface area contributed by atoms with Crippen LogP contribution < -0.4 is 15.4 Å². The van der Waals surface area contributed by atoms with Crippen LogP contribution in [0.5, 0.6) is 5.75 Å². The second kappa shape index (κ2) is 11.9. The molecule has 1 aromatic heterocycles. The van der Waals surface area contributed by atoms with Crippen molar-refractivity contribution in [1.29, 1.82) is 0 Å². The smallest absolute Gasteiger partial charge is 0.262 e. The number of ether oxygens (including phenoxy) is 1. The molecule has 4 aromatic carbocycles. The number of para-hydroxylation sites is 1. The van der Waals surface area contributed by atoms with Crippen molar-refractivity contribution in [3.05, 3.63) is 114 Å². The second-order valence-electron chi connectivity index (χ2n) is 8.56. The van der Waals surface area contributed by atoms with Crippen LogP contribution in [-0.2, 0) is 9.59 Å². The molecule has 1 unspecified atom stereocenters. The van der Waals surface area contributed by atoms with Gasteiger partial charge in [-0.3, -0.25) is 9.59 Å². The molecular weight excluding hydrogens is 514 g/mol. The zero-order chi connectivity index (χ0) is 26.3. The van der Waals surface area contributed by atoms with Crippen LogP contribution in [0.15, 0.2) is 108 Å². The summed E-state index contributed by atoms with van der Waals surface area (Å²) in [6.07, 6.45) is 0. The average molecular weight is 540 g/mol. The third kappa shape index (κ3) is 6.59. The Balaban J connectivity index is 1.25. The number of nitrogens with zero attached hydrogens (tertiary/aromatic N) is 1. The molecule has 6 nitrogen and oxygen atoms in total. The zero-order valence-corrected chi connectivity index (χ0v) is 22.2. The summed E-state index contributed by atoms with van der Waals surface area (Å²) in [6.45, 7) is 1.96. The Morgan fingerprint density at radius 2 is 1.61 bits per heavy atom. The highest BCUT2D eigenvalue weighted by Gasteiger charge is 2.23. The molecule has 5 rings (SSSR count). The highest BCUT2D eigenvalue weighted by atomic mass is 32.2. The first-order chi connectivity index (χ1) is 18.5. The first-order valence-corrected chi connectivity index (χ1v) is 13.7. The zero-order valence-electron chi connectivity index (χ0n) is 20.6. The SMILES string of the molecule is Cc1ccc2nc(NC(=O)C(Sc3ccc(NC(=O)COc4ccccc4)cc3)c3ccccc3)sc2c1. The molecule has 1 heterocycles. The van der Waals surface area contributed by atoms with Gasteiger partial charge in [0.1, 0.15) is 11.0 Å². The number of thioether (sulfide) groups is 1. The van der Waals surface area contributed by atoms with E-state index in [0.29, 0.717) is 16.6 Å². The molecular formula is C30H25N3O3S2. The minimum Gasteiger partial charge on any atom is -0.484 e. The van der Waals surface area contributed by atoms with Gasteiger partial charge in [-0.25, -0.2) is 4.98 Å². The van der Waals surface area contributed by atoms with E-state index in [9.17, 15) is 9.59 Å². The summed E-state index contributed by atoms with van der Waals surface area (Å²) < 4.78 is 6.54. The van der Waals surface area contributed by atoms with E-state index in [-0.39, 0.29) is 18.4 Å². The van der Waals surface area contributed by atoms with Gasteiger partial charge in [0, 0.05) is 10.6 Å². The number of amides is 2. The Bertz CT molecular complexity index is 1540. The van der Waals surface area contributed by atoms with Gasteiger partial charge in [-0.05, 0) is 66.6 Å². The van der Waals surface area contributed by atoms with Gasteiger partial charge in [-0.2, -0.15) is 0 Å². The van der Waals surface area contributed by atoms with Crippen LogP contribution >= 0.6 is 23.1 Å². The normalized spacial score (nSPS) is 11.6. The molecule has 0 saturated heterocycles. The summed E-state index contributed by atoms with van der Waals surface area (Å²) in [5.41, 5.74) is 3.57. The van der Waals surface area contributed by atoms with E-state index < -0.39 is 5.25 Å². The van der Waals surface area contributed by atoms with E-state index in [1.54, 1.807) is 12.1 Å². The minimum atomic E-state index is -0.482. The number of carbonyl (C=O) groups is 2. The summed E-state index contributed by atoms with van der Waals surface area (Å²) in [7, 11) is 0. The molecule has 8 heteroatoms. The number of hydrogen-bond acceptors (Lipinski definition) is 6. The third-order valence-corrected chi connectivity index (χ3v) is 7.82. The topological polar surface area (TPSA) is 80.3 Å². The van der Waals surface area contributed by atoms with Gasteiger partial charge in [0.05, 0.1) is 10.2 Å². The van der Waals surface area contributed by atoms with E-state index >= 15 is 0 Å². The van der Waals surface area contributed by atoms with Crippen molar-refractivity contribution in [2.24, 2.45) is 0 Å². The summed E-state index contributed by atoms with van der Waals surface area (Å²) in [6, 6.07) is 32.3. The van der Waals surface area contributed by atoms with Crippen molar-refractivity contribution >= 4 is 55.9 Å². The Hall–Kier alpha value is -4.14. The number of benzene rings is 4.